The normalized spacial score (nSPS) is 10.5. The van der Waals surface area contributed by atoms with Gasteiger partial charge in [-0.15, -0.1) is 11.3 Å². The highest BCUT2D eigenvalue weighted by atomic mass is 32.1. The molecule has 0 saturated heterocycles. The first-order valence-electron chi connectivity index (χ1n) is 6.44. The van der Waals surface area contributed by atoms with Crippen LogP contribution in [0.5, 0.6) is 0 Å². The molecule has 3 aromatic heterocycles. The summed E-state index contributed by atoms with van der Waals surface area (Å²) in [6, 6.07) is 9.40. The van der Waals surface area contributed by atoms with E-state index < -0.39 is 0 Å². The van der Waals surface area contributed by atoms with Crippen molar-refractivity contribution in [3.05, 3.63) is 64.1 Å². The third-order valence-electron chi connectivity index (χ3n) is 2.92. The van der Waals surface area contributed by atoms with E-state index >= 15 is 0 Å². The Bertz CT molecular complexity index is 624. The number of rotatable bonds is 5. The smallest absolute Gasteiger partial charge is 0.323 e. The molecule has 6 heteroatoms. The number of hydrogen-bond acceptors (Lipinski definition) is 4. The summed E-state index contributed by atoms with van der Waals surface area (Å²) in [5.74, 6) is 0.770. The van der Waals surface area contributed by atoms with Crippen molar-refractivity contribution in [1.82, 2.24) is 4.90 Å². The van der Waals surface area contributed by atoms with Crippen LogP contribution in [0.2, 0.25) is 0 Å². The van der Waals surface area contributed by atoms with Crippen molar-refractivity contribution in [2.45, 2.75) is 13.1 Å². The lowest BCUT2D eigenvalue weighted by molar-refractivity contribution is 0.201. The van der Waals surface area contributed by atoms with Gasteiger partial charge in [-0.2, -0.15) is 11.3 Å². The number of nitrogens with zero attached hydrogens (tertiary/aromatic N) is 1. The number of anilines is 1. The summed E-state index contributed by atoms with van der Waals surface area (Å²) in [6.07, 6.45) is 1.62. The van der Waals surface area contributed by atoms with E-state index in [1.165, 1.54) is 11.3 Å². The van der Waals surface area contributed by atoms with Crippen LogP contribution in [0, 0.1) is 0 Å². The second-order valence-corrected chi connectivity index (χ2v) is 6.20. The molecule has 0 unspecified atom stereocenters. The molecule has 0 aliphatic heterocycles. The fourth-order valence-electron chi connectivity index (χ4n) is 1.93. The Morgan fingerprint density at radius 2 is 2.14 bits per heavy atom. The third kappa shape index (κ3) is 3.74. The minimum Gasteiger partial charge on any atom is -0.467 e. The largest absolute Gasteiger partial charge is 0.467 e. The summed E-state index contributed by atoms with van der Waals surface area (Å²) in [6.45, 7) is 1.00. The maximum absolute atomic E-state index is 12.4. The van der Waals surface area contributed by atoms with Crippen LogP contribution >= 0.6 is 22.7 Å². The van der Waals surface area contributed by atoms with Gasteiger partial charge in [0.25, 0.3) is 0 Å². The quantitative estimate of drug-likeness (QED) is 0.745. The van der Waals surface area contributed by atoms with E-state index in [-0.39, 0.29) is 6.03 Å². The number of carbonyl (C=O) groups excluding carboxylic acids is 1. The number of urea groups is 1. The van der Waals surface area contributed by atoms with Gasteiger partial charge in [0.05, 0.1) is 17.8 Å². The summed E-state index contributed by atoms with van der Waals surface area (Å²) in [5.41, 5.74) is 1.12. The van der Waals surface area contributed by atoms with Gasteiger partial charge in [-0.1, -0.05) is 0 Å². The molecular formula is C15H14N2O2S2. The molecule has 0 atom stereocenters. The fraction of sp³-hybridized carbons (Fsp3) is 0.133. The van der Waals surface area contributed by atoms with Crippen LogP contribution in [-0.2, 0) is 13.1 Å². The summed E-state index contributed by atoms with van der Waals surface area (Å²) in [7, 11) is 0. The van der Waals surface area contributed by atoms with Crippen LogP contribution in [0.15, 0.2) is 57.2 Å². The highest BCUT2D eigenvalue weighted by molar-refractivity contribution is 7.14. The summed E-state index contributed by atoms with van der Waals surface area (Å²) < 4.78 is 5.35. The second-order valence-electron chi connectivity index (χ2n) is 4.47. The Morgan fingerprint density at radius 3 is 2.81 bits per heavy atom. The van der Waals surface area contributed by atoms with Crippen molar-refractivity contribution in [2.75, 3.05) is 5.32 Å². The maximum Gasteiger partial charge on any atom is 0.323 e. The first-order valence-corrected chi connectivity index (χ1v) is 8.26. The predicted molar refractivity (Wildman–Crippen MR) is 85.6 cm³/mol. The van der Waals surface area contributed by atoms with Crippen LogP contribution in [0.3, 0.4) is 0 Å². The molecule has 0 bridgehead atoms. The molecule has 3 rings (SSSR count). The average Bonchev–Trinajstić information content (AvgIpc) is 3.21. The molecule has 0 aliphatic rings. The van der Waals surface area contributed by atoms with E-state index in [4.69, 9.17) is 4.42 Å². The topological polar surface area (TPSA) is 45.5 Å². The van der Waals surface area contributed by atoms with Gasteiger partial charge in [-0.25, -0.2) is 4.79 Å². The van der Waals surface area contributed by atoms with Crippen LogP contribution in [0.4, 0.5) is 9.80 Å². The van der Waals surface area contributed by atoms with E-state index in [0.29, 0.717) is 13.1 Å². The number of carbonyl (C=O) groups is 1. The average molecular weight is 318 g/mol. The van der Waals surface area contributed by atoms with Crippen molar-refractivity contribution in [1.29, 1.82) is 0 Å². The van der Waals surface area contributed by atoms with Crippen molar-refractivity contribution in [3.63, 3.8) is 0 Å². The Hall–Kier alpha value is -2.05. The van der Waals surface area contributed by atoms with Gasteiger partial charge in [0.2, 0.25) is 0 Å². The molecule has 1 N–H and O–H groups in total. The standard InChI is InChI=1S/C15H14N2O2S2/c18-15(16-14-4-2-7-21-14)17(9-12-5-8-20-11-12)10-13-3-1-6-19-13/h1-8,11H,9-10H2,(H,16,18). The molecule has 2 amide bonds. The first-order chi connectivity index (χ1) is 10.3. The van der Waals surface area contributed by atoms with E-state index in [9.17, 15) is 4.79 Å². The molecule has 21 heavy (non-hydrogen) atoms. The van der Waals surface area contributed by atoms with Gasteiger partial charge in [0.1, 0.15) is 5.76 Å². The molecule has 0 aliphatic carbocycles. The van der Waals surface area contributed by atoms with E-state index in [1.807, 2.05) is 46.5 Å². The molecule has 0 spiro atoms. The lowest BCUT2D eigenvalue weighted by atomic mass is 10.3. The van der Waals surface area contributed by atoms with Crippen LogP contribution < -0.4 is 5.32 Å². The molecule has 0 fully saturated rings. The minimum atomic E-state index is -0.125. The van der Waals surface area contributed by atoms with Gasteiger partial charge < -0.3 is 9.32 Å². The van der Waals surface area contributed by atoms with Crippen molar-refractivity contribution >= 4 is 33.7 Å². The fourth-order valence-corrected chi connectivity index (χ4v) is 3.19. The Morgan fingerprint density at radius 1 is 1.19 bits per heavy atom. The SMILES string of the molecule is O=C(Nc1cccs1)N(Cc1ccsc1)Cc1ccco1. The molecule has 108 valence electrons. The summed E-state index contributed by atoms with van der Waals surface area (Å²) in [5, 5.41) is 9.75. The molecule has 3 aromatic rings. The van der Waals surface area contributed by atoms with Crippen LogP contribution in [-0.4, -0.2) is 10.9 Å². The van der Waals surface area contributed by atoms with Gasteiger partial charge in [0, 0.05) is 6.54 Å². The summed E-state index contributed by atoms with van der Waals surface area (Å²) >= 11 is 3.13. The van der Waals surface area contributed by atoms with Crippen LogP contribution in [0.1, 0.15) is 11.3 Å². The Kier molecular flexibility index (Phi) is 4.37. The van der Waals surface area contributed by atoms with Gasteiger partial charge >= 0.3 is 6.03 Å². The van der Waals surface area contributed by atoms with Gasteiger partial charge in [-0.3, -0.25) is 5.32 Å². The van der Waals surface area contributed by atoms with Crippen LogP contribution in [0.25, 0.3) is 0 Å². The zero-order chi connectivity index (χ0) is 14.5. The third-order valence-corrected chi connectivity index (χ3v) is 4.44. The van der Waals surface area contributed by atoms with E-state index in [1.54, 1.807) is 22.5 Å². The number of nitrogens with one attached hydrogen (secondary N) is 1. The molecule has 0 aromatic carbocycles. The van der Waals surface area contributed by atoms with E-state index in [0.717, 1.165) is 16.3 Å². The molecular weight excluding hydrogens is 304 g/mol. The highest BCUT2D eigenvalue weighted by Gasteiger charge is 2.16. The van der Waals surface area contributed by atoms with E-state index in [2.05, 4.69) is 5.32 Å². The second kappa shape index (κ2) is 6.60. The minimum absolute atomic E-state index is 0.125. The zero-order valence-electron chi connectivity index (χ0n) is 11.2. The maximum atomic E-state index is 12.4. The lowest BCUT2D eigenvalue weighted by Crippen LogP contribution is -2.33. The predicted octanol–water partition coefficient (Wildman–Crippen LogP) is 4.64. The molecule has 0 radical (unpaired) electrons. The molecule has 3 heterocycles. The molecule has 4 nitrogen and oxygen atoms in total. The summed E-state index contributed by atoms with van der Waals surface area (Å²) in [4.78, 5) is 14.2. The lowest BCUT2D eigenvalue weighted by Gasteiger charge is -2.21. The highest BCUT2D eigenvalue weighted by Crippen LogP contribution is 2.18. The van der Waals surface area contributed by atoms with Gasteiger partial charge in [-0.05, 0) is 52.0 Å². The Balaban J connectivity index is 1.72. The Labute approximate surface area is 130 Å². The number of amides is 2. The van der Waals surface area contributed by atoms with Crippen molar-refractivity contribution in [3.8, 4) is 0 Å². The zero-order valence-corrected chi connectivity index (χ0v) is 12.8. The number of furan rings is 1. The van der Waals surface area contributed by atoms with Gasteiger partial charge in [0.15, 0.2) is 0 Å². The first kappa shape index (κ1) is 13.9. The van der Waals surface area contributed by atoms with Crippen molar-refractivity contribution < 1.29 is 9.21 Å². The molecule has 0 saturated carbocycles. The van der Waals surface area contributed by atoms with Crippen molar-refractivity contribution in [2.24, 2.45) is 0 Å². The number of thiophene rings is 2. The monoisotopic (exact) mass is 318 g/mol. The number of hydrogen-bond donors (Lipinski definition) is 1.